The van der Waals surface area contributed by atoms with Crippen molar-refractivity contribution in [2.45, 2.75) is 52.0 Å². The number of hydrogen-bond donors (Lipinski definition) is 1. The molecule has 0 saturated heterocycles. The van der Waals surface area contributed by atoms with Gasteiger partial charge >= 0.3 is 0 Å². The van der Waals surface area contributed by atoms with Crippen molar-refractivity contribution in [3.63, 3.8) is 0 Å². The van der Waals surface area contributed by atoms with Gasteiger partial charge in [-0.3, -0.25) is 0 Å². The van der Waals surface area contributed by atoms with E-state index in [1.54, 1.807) is 0 Å². The van der Waals surface area contributed by atoms with Crippen molar-refractivity contribution in [1.82, 2.24) is 9.97 Å². The van der Waals surface area contributed by atoms with Crippen LogP contribution in [0, 0.1) is 0 Å². The van der Waals surface area contributed by atoms with E-state index in [0.717, 1.165) is 19.3 Å². The van der Waals surface area contributed by atoms with E-state index in [2.05, 4.69) is 29.1 Å². The van der Waals surface area contributed by atoms with Crippen LogP contribution in [0.1, 0.15) is 46.0 Å². The van der Waals surface area contributed by atoms with Gasteiger partial charge in [0.25, 0.3) is 0 Å². The number of anilines is 1. The number of halogens is 2. The highest BCUT2D eigenvalue weighted by Crippen LogP contribution is 2.22. The lowest BCUT2D eigenvalue weighted by molar-refractivity contribution is 0.563. The molecular weight excluding hydrogens is 257 g/mol. The first-order chi connectivity index (χ1) is 8.17. The lowest BCUT2D eigenvalue weighted by Crippen LogP contribution is -2.20. The summed E-state index contributed by atoms with van der Waals surface area (Å²) in [6.07, 6.45) is 7.30. The minimum Gasteiger partial charge on any atom is -0.366 e. The fourth-order valence-electron chi connectivity index (χ4n) is 1.73. The smallest absolute Gasteiger partial charge is 0.224 e. The monoisotopic (exact) mass is 275 g/mol. The Bertz CT molecular complexity index is 345. The second kappa shape index (κ2) is 7.72. The quantitative estimate of drug-likeness (QED) is 0.742. The second-order valence-corrected chi connectivity index (χ2v) is 4.85. The van der Waals surface area contributed by atoms with Crippen molar-refractivity contribution in [1.29, 1.82) is 0 Å². The number of nitrogens with one attached hydrogen (secondary N) is 1. The van der Waals surface area contributed by atoms with Crippen LogP contribution in [-0.4, -0.2) is 16.0 Å². The molecule has 0 aliphatic rings. The first kappa shape index (κ1) is 14.5. The Morgan fingerprint density at radius 2 is 2.00 bits per heavy atom. The molecule has 5 heteroatoms. The Kier molecular flexibility index (Phi) is 6.60. The van der Waals surface area contributed by atoms with E-state index in [9.17, 15) is 0 Å². The zero-order valence-electron chi connectivity index (χ0n) is 10.3. The van der Waals surface area contributed by atoms with Crippen LogP contribution in [0.5, 0.6) is 0 Å². The van der Waals surface area contributed by atoms with Crippen LogP contribution in [-0.2, 0) is 0 Å². The Morgan fingerprint density at radius 1 is 1.24 bits per heavy atom. The SMILES string of the molecule is CCCCC(CCC)Nc1nc(Cl)ncc1Cl. The van der Waals surface area contributed by atoms with Crippen LogP contribution in [0.15, 0.2) is 6.20 Å². The maximum Gasteiger partial charge on any atom is 0.224 e. The molecule has 0 spiro atoms. The molecule has 1 aromatic rings. The fourth-order valence-corrected chi connectivity index (χ4v) is 2.01. The molecule has 0 bridgehead atoms. The van der Waals surface area contributed by atoms with Gasteiger partial charge in [0.2, 0.25) is 5.28 Å². The zero-order chi connectivity index (χ0) is 12.7. The van der Waals surface area contributed by atoms with E-state index in [0.29, 0.717) is 16.9 Å². The molecular formula is C12H19Cl2N3. The highest BCUT2D eigenvalue weighted by Gasteiger charge is 2.11. The van der Waals surface area contributed by atoms with Gasteiger partial charge in [0.1, 0.15) is 10.8 Å². The van der Waals surface area contributed by atoms with Crippen LogP contribution in [0.2, 0.25) is 10.3 Å². The second-order valence-electron chi connectivity index (χ2n) is 4.11. The number of unbranched alkanes of at least 4 members (excludes halogenated alkanes) is 1. The molecule has 1 unspecified atom stereocenters. The molecule has 0 aromatic carbocycles. The third kappa shape index (κ3) is 5.09. The molecule has 1 atom stereocenters. The summed E-state index contributed by atoms with van der Waals surface area (Å²) in [4.78, 5) is 7.95. The molecule has 1 aromatic heterocycles. The third-order valence-corrected chi connectivity index (χ3v) is 3.06. The van der Waals surface area contributed by atoms with Gasteiger partial charge in [-0.2, -0.15) is 4.98 Å². The predicted octanol–water partition coefficient (Wildman–Crippen LogP) is 4.55. The first-order valence-electron chi connectivity index (χ1n) is 6.12. The summed E-state index contributed by atoms with van der Waals surface area (Å²) in [5, 5.41) is 4.10. The van der Waals surface area contributed by atoms with Crippen LogP contribution < -0.4 is 5.32 Å². The largest absolute Gasteiger partial charge is 0.366 e. The van der Waals surface area contributed by atoms with Crippen LogP contribution in [0.4, 0.5) is 5.82 Å². The summed E-state index contributed by atoms with van der Waals surface area (Å²) in [5.74, 6) is 0.640. The molecule has 1 N–H and O–H groups in total. The molecule has 1 heterocycles. The van der Waals surface area contributed by atoms with Gasteiger partial charge < -0.3 is 5.32 Å². The van der Waals surface area contributed by atoms with Gasteiger partial charge in [-0.25, -0.2) is 4.98 Å². The fraction of sp³-hybridized carbons (Fsp3) is 0.667. The molecule has 0 aliphatic heterocycles. The van der Waals surface area contributed by atoms with Gasteiger partial charge in [0.15, 0.2) is 0 Å². The summed E-state index contributed by atoms with van der Waals surface area (Å²) < 4.78 is 0. The van der Waals surface area contributed by atoms with Gasteiger partial charge in [0, 0.05) is 6.04 Å². The van der Waals surface area contributed by atoms with Crippen molar-refractivity contribution in [3.8, 4) is 0 Å². The van der Waals surface area contributed by atoms with Gasteiger partial charge in [0.05, 0.1) is 6.20 Å². The number of hydrogen-bond acceptors (Lipinski definition) is 3. The molecule has 0 fully saturated rings. The molecule has 96 valence electrons. The molecule has 17 heavy (non-hydrogen) atoms. The molecule has 0 radical (unpaired) electrons. The summed E-state index contributed by atoms with van der Waals surface area (Å²) in [5.41, 5.74) is 0. The Labute approximate surface area is 113 Å². The van der Waals surface area contributed by atoms with E-state index >= 15 is 0 Å². The van der Waals surface area contributed by atoms with Crippen molar-refractivity contribution in [2.24, 2.45) is 0 Å². The molecule has 0 saturated carbocycles. The first-order valence-corrected chi connectivity index (χ1v) is 6.87. The average Bonchev–Trinajstić information content (AvgIpc) is 2.31. The number of aromatic nitrogens is 2. The van der Waals surface area contributed by atoms with Gasteiger partial charge in [-0.05, 0) is 24.4 Å². The minimum absolute atomic E-state index is 0.225. The molecule has 3 nitrogen and oxygen atoms in total. The highest BCUT2D eigenvalue weighted by molar-refractivity contribution is 6.33. The van der Waals surface area contributed by atoms with E-state index in [1.165, 1.54) is 19.0 Å². The molecule has 1 rings (SSSR count). The van der Waals surface area contributed by atoms with E-state index in [4.69, 9.17) is 23.2 Å². The highest BCUT2D eigenvalue weighted by atomic mass is 35.5. The van der Waals surface area contributed by atoms with Crippen LogP contribution >= 0.6 is 23.2 Å². The normalized spacial score (nSPS) is 12.5. The zero-order valence-corrected chi connectivity index (χ0v) is 11.9. The van der Waals surface area contributed by atoms with Crippen molar-refractivity contribution in [2.75, 3.05) is 5.32 Å². The van der Waals surface area contributed by atoms with Crippen LogP contribution in [0.3, 0.4) is 0 Å². The van der Waals surface area contributed by atoms with Crippen LogP contribution in [0.25, 0.3) is 0 Å². The standard InChI is InChI=1S/C12H19Cl2N3/c1-3-5-7-9(6-4-2)16-11-10(13)8-15-12(14)17-11/h8-9H,3-7H2,1-2H3,(H,15,16,17). The van der Waals surface area contributed by atoms with Crippen molar-refractivity contribution >= 4 is 29.0 Å². The van der Waals surface area contributed by atoms with Crippen molar-refractivity contribution in [3.05, 3.63) is 16.5 Å². The van der Waals surface area contributed by atoms with Gasteiger partial charge in [-0.15, -0.1) is 0 Å². The van der Waals surface area contributed by atoms with E-state index < -0.39 is 0 Å². The van der Waals surface area contributed by atoms with E-state index in [-0.39, 0.29) is 5.28 Å². The summed E-state index contributed by atoms with van der Waals surface area (Å²) in [6, 6.07) is 0.406. The molecule has 0 amide bonds. The number of nitrogens with zero attached hydrogens (tertiary/aromatic N) is 2. The van der Waals surface area contributed by atoms with E-state index in [1.807, 2.05) is 0 Å². The minimum atomic E-state index is 0.225. The molecule has 0 aliphatic carbocycles. The van der Waals surface area contributed by atoms with Gasteiger partial charge in [-0.1, -0.05) is 44.7 Å². The average molecular weight is 276 g/mol. The summed E-state index contributed by atoms with van der Waals surface area (Å²) >= 11 is 11.8. The third-order valence-electron chi connectivity index (χ3n) is 2.60. The Hall–Kier alpha value is -0.540. The summed E-state index contributed by atoms with van der Waals surface area (Å²) in [7, 11) is 0. The predicted molar refractivity (Wildman–Crippen MR) is 73.9 cm³/mol. The maximum atomic E-state index is 6.03. The Morgan fingerprint density at radius 3 is 2.65 bits per heavy atom. The van der Waals surface area contributed by atoms with Crippen molar-refractivity contribution < 1.29 is 0 Å². The summed E-state index contributed by atoms with van der Waals surface area (Å²) in [6.45, 7) is 4.37. The number of rotatable bonds is 7. The Balaban J connectivity index is 2.67. The maximum absolute atomic E-state index is 6.03. The lowest BCUT2D eigenvalue weighted by Gasteiger charge is -2.19. The topological polar surface area (TPSA) is 37.8 Å². The lowest BCUT2D eigenvalue weighted by atomic mass is 10.1.